The van der Waals surface area contributed by atoms with Crippen LogP contribution in [0.5, 0.6) is 5.75 Å². The quantitative estimate of drug-likeness (QED) is 0.447. The van der Waals surface area contributed by atoms with E-state index in [2.05, 4.69) is 33.0 Å². The van der Waals surface area contributed by atoms with Crippen molar-refractivity contribution >= 4 is 23.4 Å². The number of hydrogen-bond acceptors (Lipinski definition) is 6. The van der Waals surface area contributed by atoms with Gasteiger partial charge in [0.05, 0.1) is 0 Å². The normalized spacial score (nSPS) is 10.8. The monoisotopic (exact) mass is 389 g/mol. The Morgan fingerprint density at radius 2 is 2.00 bits per heavy atom. The molecule has 26 heavy (non-hydrogen) atoms. The van der Waals surface area contributed by atoms with Crippen molar-refractivity contribution in [1.29, 1.82) is 0 Å². The molecule has 3 rings (SSSR count). The second-order valence-electron chi connectivity index (χ2n) is 5.68. The molecule has 8 heteroatoms. The van der Waals surface area contributed by atoms with Gasteiger partial charge in [-0.05, 0) is 45.8 Å². The summed E-state index contributed by atoms with van der Waals surface area (Å²) in [7, 11) is 1.84. The number of nitrogens with zero attached hydrogens (tertiary/aromatic N) is 4. The fourth-order valence-electron chi connectivity index (χ4n) is 2.33. The number of rotatable bonds is 9. The highest BCUT2D eigenvalue weighted by molar-refractivity contribution is 7.99. The molecule has 0 spiro atoms. The van der Waals surface area contributed by atoms with E-state index < -0.39 is 0 Å². The Bertz CT molecular complexity index is 842. The Balaban J connectivity index is 1.41. The van der Waals surface area contributed by atoms with Crippen molar-refractivity contribution in [3.63, 3.8) is 0 Å². The third kappa shape index (κ3) is 5.72. The van der Waals surface area contributed by atoms with Gasteiger partial charge in [0.1, 0.15) is 12.4 Å². The predicted octanol–water partition coefficient (Wildman–Crippen LogP) is 3.32. The number of tetrazole rings is 1. The van der Waals surface area contributed by atoms with E-state index in [1.54, 1.807) is 16.4 Å². The lowest BCUT2D eigenvalue weighted by molar-refractivity contribution is 0.306. The van der Waals surface area contributed by atoms with E-state index >= 15 is 0 Å². The molecule has 0 amide bonds. The van der Waals surface area contributed by atoms with Crippen LogP contribution in [0.15, 0.2) is 53.7 Å². The van der Waals surface area contributed by atoms with Crippen molar-refractivity contribution in [1.82, 2.24) is 25.5 Å². The molecule has 0 unspecified atom stereocenters. The lowest BCUT2D eigenvalue weighted by Gasteiger charge is -2.09. The van der Waals surface area contributed by atoms with E-state index in [0.29, 0.717) is 6.61 Å². The van der Waals surface area contributed by atoms with Gasteiger partial charge in [0.25, 0.3) is 0 Å². The van der Waals surface area contributed by atoms with Gasteiger partial charge in [-0.1, -0.05) is 47.6 Å². The zero-order valence-corrected chi connectivity index (χ0v) is 16.0. The van der Waals surface area contributed by atoms with E-state index in [9.17, 15) is 0 Å². The largest absolute Gasteiger partial charge is 0.489 e. The number of thioether (sulfide) groups is 1. The minimum Gasteiger partial charge on any atom is -0.489 e. The van der Waals surface area contributed by atoms with Crippen LogP contribution in [-0.2, 0) is 20.2 Å². The first kappa shape index (κ1) is 18.7. The molecule has 3 aromatic rings. The van der Waals surface area contributed by atoms with Crippen molar-refractivity contribution in [3.8, 4) is 5.75 Å². The molecule has 0 atom stereocenters. The topological polar surface area (TPSA) is 64.9 Å². The first-order valence-corrected chi connectivity index (χ1v) is 9.59. The van der Waals surface area contributed by atoms with Gasteiger partial charge in [0.15, 0.2) is 0 Å². The third-order valence-corrected chi connectivity index (χ3v) is 4.86. The molecule has 0 saturated heterocycles. The number of aryl methyl sites for hydroxylation is 1. The molecule has 0 saturated carbocycles. The lowest BCUT2D eigenvalue weighted by atomic mass is 10.2. The molecular weight excluding hydrogens is 370 g/mol. The molecule has 0 bridgehead atoms. The molecule has 0 aliphatic heterocycles. The average Bonchev–Trinajstić information content (AvgIpc) is 3.05. The second kappa shape index (κ2) is 9.56. The number of halogens is 1. The third-order valence-electron chi connectivity index (χ3n) is 3.61. The standard InChI is InChI=1S/C18H20ClN5OS/c1-24-18(21-22-23-24)26-9-8-20-12-14-4-3-7-17(11-14)25-13-15-5-2-6-16(19)10-15/h2-7,10-11,20H,8-9,12-13H2,1H3. The smallest absolute Gasteiger partial charge is 0.209 e. The number of nitrogens with one attached hydrogen (secondary N) is 1. The van der Waals surface area contributed by atoms with Crippen LogP contribution >= 0.6 is 23.4 Å². The van der Waals surface area contributed by atoms with E-state index in [1.165, 1.54) is 5.56 Å². The minimum absolute atomic E-state index is 0.500. The van der Waals surface area contributed by atoms with Crippen molar-refractivity contribution in [2.24, 2.45) is 7.05 Å². The van der Waals surface area contributed by atoms with E-state index in [0.717, 1.165) is 40.3 Å². The van der Waals surface area contributed by atoms with Crippen LogP contribution in [0.1, 0.15) is 11.1 Å². The van der Waals surface area contributed by atoms with Gasteiger partial charge in [-0.25, -0.2) is 4.68 Å². The summed E-state index contributed by atoms with van der Waals surface area (Å²) >= 11 is 7.63. The van der Waals surface area contributed by atoms with Gasteiger partial charge in [-0.15, -0.1) is 5.10 Å². The summed E-state index contributed by atoms with van der Waals surface area (Å²) in [5.74, 6) is 1.75. The van der Waals surface area contributed by atoms with Crippen LogP contribution in [-0.4, -0.2) is 32.5 Å². The number of hydrogen-bond donors (Lipinski definition) is 1. The minimum atomic E-state index is 0.500. The van der Waals surface area contributed by atoms with Crippen LogP contribution in [0.4, 0.5) is 0 Å². The first-order valence-electron chi connectivity index (χ1n) is 8.23. The summed E-state index contributed by atoms with van der Waals surface area (Å²) in [5.41, 5.74) is 2.23. The summed E-state index contributed by atoms with van der Waals surface area (Å²) in [6.07, 6.45) is 0. The van der Waals surface area contributed by atoms with Crippen LogP contribution < -0.4 is 10.1 Å². The molecule has 1 heterocycles. The van der Waals surface area contributed by atoms with E-state index in [1.807, 2.05) is 43.4 Å². The van der Waals surface area contributed by atoms with Gasteiger partial charge >= 0.3 is 0 Å². The molecule has 0 aliphatic carbocycles. The van der Waals surface area contributed by atoms with Crippen molar-refractivity contribution in [3.05, 3.63) is 64.7 Å². The molecule has 0 aliphatic rings. The van der Waals surface area contributed by atoms with Gasteiger partial charge in [-0.2, -0.15) is 0 Å². The van der Waals surface area contributed by atoms with Crippen LogP contribution in [0, 0.1) is 0 Å². The fraction of sp³-hybridized carbons (Fsp3) is 0.278. The summed E-state index contributed by atoms with van der Waals surface area (Å²) in [5, 5.41) is 16.3. The average molecular weight is 390 g/mol. The Morgan fingerprint density at radius 3 is 2.81 bits per heavy atom. The summed E-state index contributed by atoms with van der Waals surface area (Å²) < 4.78 is 7.53. The Hall–Kier alpha value is -2.09. The fourth-order valence-corrected chi connectivity index (χ4v) is 3.29. The van der Waals surface area contributed by atoms with Crippen molar-refractivity contribution < 1.29 is 4.74 Å². The number of aromatic nitrogens is 4. The number of ether oxygens (including phenoxy) is 1. The Morgan fingerprint density at radius 1 is 1.15 bits per heavy atom. The van der Waals surface area contributed by atoms with E-state index in [4.69, 9.17) is 16.3 Å². The zero-order valence-electron chi connectivity index (χ0n) is 14.4. The van der Waals surface area contributed by atoms with Gasteiger partial charge < -0.3 is 10.1 Å². The molecule has 0 fully saturated rings. The first-order chi connectivity index (χ1) is 12.7. The van der Waals surface area contributed by atoms with Gasteiger partial charge in [0.2, 0.25) is 5.16 Å². The van der Waals surface area contributed by atoms with Crippen LogP contribution in [0.3, 0.4) is 0 Å². The molecule has 1 N–H and O–H groups in total. The molecule has 0 radical (unpaired) electrons. The maximum atomic E-state index is 6.00. The molecule has 6 nitrogen and oxygen atoms in total. The molecule has 2 aromatic carbocycles. The van der Waals surface area contributed by atoms with Crippen molar-refractivity contribution in [2.45, 2.75) is 18.3 Å². The maximum absolute atomic E-state index is 6.00. The molecule has 136 valence electrons. The van der Waals surface area contributed by atoms with Crippen LogP contribution in [0.2, 0.25) is 5.02 Å². The molecular formula is C18H20ClN5OS. The predicted molar refractivity (Wildman–Crippen MR) is 103 cm³/mol. The highest BCUT2D eigenvalue weighted by Gasteiger charge is 2.02. The highest BCUT2D eigenvalue weighted by Crippen LogP contribution is 2.17. The number of benzene rings is 2. The summed E-state index contributed by atoms with van der Waals surface area (Å²) in [4.78, 5) is 0. The zero-order chi connectivity index (χ0) is 18.2. The van der Waals surface area contributed by atoms with Gasteiger partial charge in [0, 0.05) is 30.9 Å². The Kier molecular flexibility index (Phi) is 6.88. The second-order valence-corrected chi connectivity index (χ2v) is 7.17. The summed E-state index contributed by atoms with van der Waals surface area (Å²) in [6.45, 7) is 2.15. The Labute approximate surface area is 161 Å². The van der Waals surface area contributed by atoms with Gasteiger partial charge in [-0.3, -0.25) is 0 Å². The van der Waals surface area contributed by atoms with Crippen molar-refractivity contribution in [2.75, 3.05) is 12.3 Å². The summed E-state index contributed by atoms with van der Waals surface area (Å²) in [6, 6.07) is 15.8. The SMILES string of the molecule is Cn1nnnc1SCCNCc1cccc(OCc2cccc(Cl)c2)c1. The highest BCUT2D eigenvalue weighted by atomic mass is 35.5. The molecule has 1 aromatic heterocycles. The van der Waals surface area contributed by atoms with Crippen LogP contribution in [0.25, 0.3) is 0 Å². The van der Waals surface area contributed by atoms with E-state index in [-0.39, 0.29) is 0 Å². The lowest BCUT2D eigenvalue weighted by Crippen LogP contribution is -2.16. The maximum Gasteiger partial charge on any atom is 0.209 e.